The maximum Gasteiger partial charge on any atom is 0.166 e. The molecule has 0 unspecified atom stereocenters. The van der Waals surface area contributed by atoms with Crippen molar-refractivity contribution < 1.29 is 9.84 Å². The van der Waals surface area contributed by atoms with Gasteiger partial charge in [0.1, 0.15) is 5.01 Å². The highest BCUT2D eigenvalue weighted by atomic mass is 79.9. The van der Waals surface area contributed by atoms with Gasteiger partial charge in [-0.05, 0) is 42.8 Å². The normalized spacial score (nSPS) is 11.4. The molecule has 3 aromatic carbocycles. The highest BCUT2D eigenvalue weighted by Gasteiger charge is 2.10. The number of nitrogens with zero attached hydrogens (tertiary/aromatic N) is 2. The SMILES string of the molecule is COc1cc(Br)cc(C=Nc2cc(-c3nc4ccccc4s3)ccc2C)c1O. The van der Waals surface area contributed by atoms with Crippen molar-refractivity contribution in [2.45, 2.75) is 6.92 Å². The van der Waals surface area contributed by atoms with Gasteiger partial charge in [-0.1, -0.05) is 40.2 Å². The number of benzene rings is 3. The standard InChI is InChI=1S/C22H17BrN2O2S/c1-13-7-8-14(22-25-17-5-3-4-6-20(17)28-22)10-18(13)24-12-15-9-16(23)11-19(27-2)21(15)26/h3-12,26H,1-2H3. The molecule has 4 nitrogen and oxygen atoms in total. The Bertz CT molecular complexity index is 1170. The van der Waals surface area contributed by atoms with E-state index in [4.69, 9.17) is 9.72 Å². The minimum atomic E-state index is 0.0643. The van der Waals surface area contributed by atoms with Crippen molar-refractivity contribution in [3.8, 4) is 22.1 Å². The van der Waals surface area contributed by atoms with Crippen LogP contribution in [0.15, 0.2) is 64.1 Å². The number of aromatic hydroxyl groups is 1. The van der Waals surface area contributed by atoms with Gasteiger partial charge in [0, 0.05) is 21.8 Å². The fourth-order valence-electron chi connectivity index (χ4n) is 2.86. The first-order chi connectivity index (χ1) is 13.5. The monoisotopic (exact) mass is 452 g/mol. The number of hydrogen-bond acceptors (Lipinski definition) is 5. The zero-order chi connectivity index (χ0) is 19.7. The Labute approximate surface area is 175 Å². The topological polar surface area (TPSA) is 54.7 Å². The van der Waals surface area contributed by atoms with Crippen molar-refractivity contribution in [2.75, 3.05) is 7.11 Å². The van der Waals surface area contributed by atoms with E-state index < -0.39 is 0 Å². The Kier molecular flexibility index (Phi) is 5.15. The third-order valence-corrected chi connectivity index (χ3v) is 5.93. The van der Waals surface area contributed by atoms with Gasteiger partial charge < -0.3 is 9.84 Å². The van der Waals surface area contributed by atoms with Crippen molar-refractivity contribution in [3.63, 3.8) is 0 Å². The molecule has 0 radical (unpaired) electrons. The van der Waals surface area contributed by atoms with Crippen LogP contribution in [0.5, 0.6) is 11.5 Å². The molecule has 28 heavy (non-hydrogen) atoms. The lowest BCUT2D eigenvalue weighted by atomic mass is 10.1. The zero-order valence-corrected chi connectivity index (χ0v) is 17.7. The third kappa shape index (κ3) is 3.66. The minimum Gasteiger partial charge on any atom is -0.504 e. The van der Waals surface area contributed by atoms with E-state index in [1.54, 1.807) is 29.7 Å². The highest BCUT2D eigenvalue weighted by molar-refractivity contribution is 9.10. The number of phenolic OH excluding ortho intramolecular Hbond substituents is 1. The van der Waals surface area contributed by atoms with Crippen LogP contribution in [0.1, 0.15) is 11.1 Å². The molecule has 0 fully saturated rings. The maximum absolute atomic E-state index is 10.3. The summed E-state index contributed by atoms with van der Waals surface area (Å²) in [7, 11) is 1.52. The first-order valence-corrected chi connectivity index (χ1v) is 10.2. The minimum absolute atomic E-state index is 0.0643. The molecule has 0 aliphatic heterocycles. The number of aromatic nitrogens is 1. The fourth-order valence-corrected chi connectivity index (χ4v) is 4.28. The van der Waals surface area contributed by atoms with Gasteiger partial charge in [0.05, 0.1) is 23.0 Å². The summed E-state index contributed by atoms with van der Waals surface area (Å²) >= 11 is 5.09. The Morgan fingerprint density at radius 1 is 1.14 bits per heavy atom. The number of rotatable bonds is 4. The van der Waals surface area contributed by atoms with Gasteiger partial charge in [-0.15, -0.1) is 11.3 Å². The summed E-state index contributed by atoms with van der Waals surface area (Å²) < 4.78 is 7.17. The smallest absolute Gasteiger partial charge is 0.166 e. The van der Waals surface area contributed by atoms with E-state index in [1.807, 2.05) is 37.3 Å². The quantitative estimate of drug-likeness (QED) is 0.359. The van der Waals surface area contributed by atoms with Gasteiger partial charge in [0.2, 0.25) is 0 Å². The average molecular weight is 453 g/mol. The fraction of sp³-hybridized carbons (Fsp3) is 0.0909. The highest BCUT2D eigenvalue weighted by Crippen LogP contribution is 2.35. The number of halogens is 1. The van der Waals surface area contributed by atoms with Crippen molar-refractivity contribution >= 4 is 49.4 Å². The molecule has 1 heterocycles. The van der Waals surface area contributed by atoms with Crippen molar-refractivity contribution in [3.05, 3.63) is 70.2 Å². The molecule has 0 aliphatic rings. The number of para-hydroxylation sites is 1. The molecule has 140 valence electrons. The van der Waals surface area contributed by atoms with Gasteiger partial charge in [-0.2, -0.15) is 0 Å². The van der Waals surface area contributed by atoms with Crippen LogP contribution < -0.4 is 4.74 Å². The number of phenols is 1. The van der Waals surface area contributed by atoms with Gasteiger partial charge in [-0.3, -0.25) is 4.99 Å². The van der Waals surface area contributed by atoms with E-state index in [-0.39, 0.29) is 5.75 Å². The first kappa shape index (κ1) is 18.7. The first-order valence-electron chi connectivity index (χ1n) is 8.62. The second-order valence-electron chi connectivity index (χ2n) is 6.29. The van der Waals surface area contributed by atoms with Crippen molar-refractivity contribution in [2.24, 2.45) is 4.99 Å². The molecule has 0 saturated carbocycles. The number of hydrogen-bond donors (Lipinski definition) is 1. The van der Waals surface area contributed by atoms with Gasteiger partial charge in [-0.25, -0.2) is 4.98 Å². The summed E-state index contributed by atoms with van der Waals surface area (Å²) in [6.45, 7) is 2.01. The molecule has 1 N–H and O–H groups in total. The Morgan fingerprint density at radius 3 is 2.75 bits per heavy atom. The molecule has 0 saturated heterocycles. The molecule has 0 bridgehead atoms. The van der Waals surface area contributed by atoms with E-state index in [9.17, 15) is 5.11 Å². The molecule has 0 atom stereocenters. The zero-order valence-electron chi connectivity index (χ0n) is 15.3. The van der Waals surface area contributed by atoms with Crippen molar-refractivity contribution in [1.29, 1.82) is 0 Å². The Morgan fingerprint density at radius 2 is 1.96 bits per heavy atom. The van der Waals surface area contributed by atoms with Crippen LogP contribution in [-0.2, 0) is 0 Å². The molecular formula is C22H17BrN2O2S. The lowest BCUT2D eigenvalue weighted by Gasteiger charge is -2.07. The number of fused-ring (bicyclic) bond motifs is 1. The molecule has 0 amide bonds. The van der Waals surface area contributed by atoms with Crippen LogP contribution >= 0.6 is 27.3 Å². The molecule has 1 aromatic heterocycles. The Hall–Kier alpha value is -2.70. The lowest BCUT2D eigenvalue weighted by Crippen LogP contribution is -1.89. The van der Waals surface area contributed by atoms with E-state index >= 15 is 0 Å². The molecule has 0 spiro atoms. The summed E-state index contributed by atoms with van der Waals surface area (Å²) in [6, 6.07) is 17.7. The van der Waals surface area contributed by atoms with Gasteiger partial charge >= 0.3 is 0 Å². The van der Waals surface area contributed by atoms with Crippen molar-refractivity contribution in [1.82, 2.24) is 4.98 Å². The average Bonchev–Trinajstić information content (AvgIpc) is 3.13. The molecule has 4 aromatic rings. The second kappa shape index (κ2) is 7.73. The van der Waals surface area contributed by atoms with Crippen LogP contribution in [0.4, 0.5) is 5.69 Å². The van der Waals surface area contributed by atoms with Crippen LogP contribution in [0.3, 0.4) is 0 Å². The molecular weight excluding hydrogens is 436 g/mol. The summed E-state index contributed by atoms with van der Waals surface area (Å²) in [5, 5.41) is 11.3. The Balaban J connectivity index is 1.72. The van der Waals surface area contributed by atoms with Crippen LogP contribution in [0.2, 0.25) is 0 Å². The predicted molar refractivity (Wildman–Crippen MR) is 119 cm³/mol. The van der Waals surface area contributed by atoms with Crippen LogP contribution in [-0.4, -0.2) is 23.4 Å². The second-order valence-corrected chi connectivity index (χ2v) is 8.24. The summed E-state index contributed by atoms with van der Waals surface area (Å²) in [5.74, 6) is 0.463. The van der Waals surface area contributed by atoms with Crippen LogP contribution in [0.25, 0.3) is 20.8 Å². The van der Waals surface area contributed by atoms with Gasteiger partial charge in [0.15, 0.2) is 11.5 Å². The molecule has 6 heteroatoms. The molecule has 4 rings (SSSR count). The van der Waals surface area contributed by atoms with E-state index in [0.29, 0.717) is 11.3 Å². The summed E-state index contributed by atoms with van der Waals surface area (Å²) in [6.07, 6.45) is 1.65. The number of aliphatic imine (C=N–C) groups is 1. The predicted octanol–water partition coefficient (Wildman–Crippen LogP) is 6.50. The number of methoxy groups -OCH3 is 1. The lowest BCUT2D eigenvalue weighted by molar-refractivity contribution is 0.373. The van der Waals surface area contributed by atoms with Gasteiger partial charge in [0.25, 0.3) is 0 Å². The van der Waals surface area contributed by atoms with E-state index in [2.05, 4.69) is 33.1 Å². The number of thiazole rings is 1. The third-order valence-electron chi connectivity index (χ3n) is 4.38. The summed E-state index contributed by atoms with van der Waals surface area (Å²) in [4.78, 5) is 9.33. The van der Waals surface area contributed by atoms with Crippen LogP contribution in [0, 0.1) is 6.92 Å². The number of aryl methyl sites for hydroxylation is 1. The van der Waals surface area contributed by atoms with E-state index in [1.165, 1.54) is 7.11 Å². The largest absolute Gasteiger partial charge is 0.504 e. The maximum atomic E-state index is 10.3. The van der Waals surface area contributed by atoms with E-state index in [0.717, 1.165) is 36.5 Å². The summed E-state index contributed by atoms with van der Waals surface area (Å²) in [5.41, 5.74) is 4.47. The number of ether oxygens (including phenoxy) is 1. The molecule has 0 aliphatic carbocycles.